The molecule has 1 unspecified atom stereocenters. The standard InChI is InChI=1S/C13H19BrN2OS/c14-12-5-4-11(18-12)6-8-16-13(17)9-10-3-1-2-7-15-10/h4-5,10,15H,1-3,6-9H2,(H,16,17). The number of carbonyl (C=O) groups is 1. The summed E-state index contributed by atoms with van der Waals surface area (Å²) in [5.74, 6) is 0.171. The fourth-order valence-corrected chi connectivity index (χ4v) is 3.69. The van der Waals surface area contributed by atoms with Crippen molar-refractivity contribution in [2.75, 3.05) is 13.1 Å². The van der Waals surface area contributed by atoms with Crippen molar-refractivity contribution in [1.82, 2.24) is 10.6 Å². The van der Waals surface area contributed by atoms with Crippen molar-refractivity contribution in [3.63, 3.8) is 0 Å². The maximum Gasteiger partial charge on any atom is 0.221 e. The van der Waals surface area contributed by atoms with E-state index in [9.17, 15) is 4.79 Å². The average Bonchev–Trinajstić information content (AvgIpc) is 2.76. The van der Waals surface area contributed by atoms with E-state index in [2.05, 4.69) is 32.6 Å². The zero-order chi connectivity index (χ0) is 12.8. The Labute approximate surface area is 120 Å². The quantitative estimate of drug-likeness (QED) is 0.871. The summed E-state index contributed by atoms with van der Waals surface area (Å²) in [6.45, 7) is 1.79. The molecule has 5 heteroatoms. The molecule has 100 valence electrons. The van der Waals surface area contributed by atoms with E-state index in [0.29, 0.717) is 12.5 Å². The van der Waals surface area contributed by atoms with E-state index in [1.807, 2.05) is 6.07 Å². The molecular weight excluding hydrogens is 312 g/mol. The lowest BCUT2D eigenvalue weighted by atomic mass is 10.0. The lowest BCUT2D eigenvalue weighted by Crippen LogP contribution is -2.39. The third-order valence-corrected chi connectivity index (χ3v) is 4.85. The molecule has 2 heterocycles. The summed E-state index contributed by atoms with van der Waals surface area (Å²) in [5.41, 5.74) is 0. The lowest BCUT2D eigenvalue weighted by molar-refractivity contribution is -0.121. The molecule has 1 amide bonds. The Morgan fingerprint density at radius 3 is 3.06 bits per heavy atom. The summed E-state index contributed by atoms with van der Waals surface area (Å²) in [6, 6.07) is 4.53. The van der Waals surface area contributed by atoms with Crippen LogP contribution in [-0.4, -0.2) is 25.0 Å². The monoisotopic (exact) mass is 330 g/mol. The minimum Gasteiger partial charge on any atom is -0.356 e. The molecule has 1 aromatic rings. The number of hydrogen-bond acceptors (Lipinski definition) is 3. The van der Waals surface area contributed by atoms with Gasteiger partial charge in [-0.1, -0.05) is 6.42 Å². The van der Waals surface area contributed by atoms with E-state index < -0.39 is 0 Å². The fourth-order valence-electron chi connectivity index (χ4n) is 2.21. The number of halogens is 1. The van der Waals surface area contributed by atoms with Gasteiger partial charge in [-0.15, -0.1) is 11.3 Å². The molecule has 18 heavy (non-hydrogen) atoms. The summed E-state index contributed by atoms with van der Waals surface area (Å²) in [7, 11) is 0. The van der Waals surface area contributed by atoms with Gasteiger partial charge in [-0.25, -0.2) is 0 Å². The van der Waals surface area contributed by atoms with Gasteiger partial charge in [-0.3, -0.25) is 4.79 Å². The fraction of sp³-hybridized carbons (Fsp3) is 0.615. The third kappa shape index (κ3) is 4.71. The maximum atomic E-state index is 11.7. The van der Waals surface area contributed by atoms with Gasteiger partial charge in [0.2, 0.25) is 5.91 Å². The number of nitrogens with one attached hydrogen (secondary N) is 2. The second-order valence-electron chi connectivity index (χ2n) is 4.66. The molecule has 0 radical (unpaired) electrons. The van der Waals surface area contributed by atoms with Gasteiger partial charge in [0.1, 0.15) is 0 Å². The Morgan fingerprint density at radius 2 is 2.39 bits per heavy atom. The van der Waals surface area contributed by atoms with Crippen LogP contribution in [0.2, 0.25) is 0 Å². The van der Waals surface area contributed by atoms with Crippen LogP contribution in [0.5, 0.6) is 0 Å². The van der Waals surface area contributed by atoms with Gasteiger partial charge in [0, 0.05) is 23.9 Å². The second kappa shape index (κ2) is 7.26. The maximum absolute atomic E-state index is 11.7. The van der Waals surface area contributed by atoms with Gasteiger partial charge in [0.15, 0.2) is 0 Å². The molecule has 0 spiro atoms. The highest BCUT2D eigenvalue weighted by atomic mass is 79.9. The molecule has 0 saturated carbocycles. The highest BCUT2D eigenvalue weighted by Gasteiger charge is 2.15. The number of carbonyl (C=O) groups excluding carboxylic acids is 1. The molecule has 3 nitrogen and oxygen atoms in total. The van der Waals surface area contributed by atoms with Gasteiger partial charge >= 0.3 is 0 Å². The van der Waals surface area contributed by atoms with Gasteiger partial charge in [0.25, 0.3) is 0 Å². The predicted molar refractivity (Wildman–Crippen MR) is 79.0 cm³/mol. The van der Waals surface area contributed by atoms with Gasteiger partial charge < -0.3 is 10.6 Å². The van der Waals surface area contributed by atoms with E-state index in [1.54, 1.807) is 11.3 Å². The van der Waals surface area contributed by atoms with Crippen molar-refractivity contribution in [1.29, 1.82) is 0 Å². The van der Waals surface area contributed by atoms with E-state index >= 15 is 0 Å². The largest absolute Gasteiger partial charge is 0.356 e. The molecule has 1 aliphatic heterocycles. The highest BCUT2D eigenvalue weighted by molar-refractivity contribution is 9.11. The average molecular weight is 331 g/mol. The third-order valence-electron chi connectivity index (χ3n) is 3.17. The number of hydrogen-bond donors (Lipinski definition) is 2. The molecule has 1 aliphatic rings. The van der Waals surface area contributed by atoms with Gasteiger partial charge in [0.05, 0.1) is 3.79 Å². The first-order valence-corrected chi connectivity index (χ1v) is 8.09. The molecule has 0 aromatic carbocycles. The Bertz CT molecular complexity index is 388. The number of thiophene rings is 1. The van der Waals surface area contributed by atoms with E-state index in [0.717, 1.165) is 29.7 Å². The molecule has 2 N–H and O–H groups in total. The normalized spacial score (nSPS) is 19.7. The lowest BCUT2D eigenvalue weighted by Gasteiger charge is -2.22. The molecule has 2 rings (SSSR count). The molecule has 0 aliphatic carbocycles. The smallest absolute Gasteiger partial charge is 0.221 e. The van der Waals surface area contributed by atoms with Crippen LogP contribution >= 0.6 is 27.3 Å². The first-order valence-electron chi connectivity index (χ1n) is 6.48. The number of piperidine rings is 1. The summed E-state index contributed by atoms with van der Waals surface area (Å²) < 4.78 is 1.15. The summed E-state index contributed by atoms with van der Waals surface area (Å²) >= 11 is 5.17. The van der Waals surface area contributed by atoms with E-state index in [-0.39, 0.29) is 5.91 Å². The van der Waals surface area contributed by atoms with Crippen molar-refractivity contribution in [2.45, 2.75) is 38.1 Å². The van der Waals surface area contributed by atoms with E-state index in [1.165, 1.54) is 17.7 Å². The van der Waals surface area contributed by atoms with Crippen LogP contribution in [0.3, 0.4) is 0 Å². The topological polar surface area (TPSA) is 41.1 Å². The van der Waals surface area contributed by atoms with Crippen molar-refractivity contribution in [2.24, 2.45) is 0 Å². The van der Waals surface area contributed by atoms with E-state index in [4.69, 9.17) is 0 Å². The second-order valence-corrected chi connectivity index (χ2v) is 7.20. The Balaban J connectivity index is 1.62. The summed E-state index contributed by atoms with van der Waals surface area (Å²) in [5, 5.41) is 6.40. The Kier molecular flexibility index (Phi) is 5.66. The molecule has 1 aromatic heterocycles. The van der Waals surface area contributed by atoms with Crippen molar-refractivity contribution in [3.8, 4) is 0 Å². The van der Waals surface area contributed by atoms with Crippen LogP contribution in [0.15, 0.2) is 15.9 Å². The summed E-state index contributed by atoms with van der Waals surface area (Å²) in [6.07, 6.45) is 5.15. The predicted octanol–water partition coefficient (Wildman–Crippen LogP) is 2.70. The molecule has 0 bridgehead atoms. The van der Waals surface area contributed by atoms with Crippen LogP contribution in [0.25, 0.3) is 0 Å². The Morgan fingerprint density at radius 1 is 1.50 bits per heavy atom. The number of rotatable bonds is 5. The minimum atomic E-state index is 0.171. The van der Waals surface area contributed by atoms with Crippen molar-refractivity contribution in [3.05, 3.63) is 20.8 Å². The minimum absolute atomic E-state index is 0.171. The zero-order valence-corrected chi connectivity index (χ0v) is 12.8. The molecular formula is C13H19BrN2OS. The van der Waals surface area contributed by atoms with Crippen LogP contribution in [0.4, 0.5) is 0 Å². The molecule has 1 saturated heterocycles. The van der Waals surface area contributed by atoms with Gasteiger partial charge in [-0.2, -0.15) is 0 Å². The number of amides is 1. The molecule has 1 fully saturated rings. The van der Waals surface area contributed by atoms with Crippen molar-refractivity contribution >= 4 is 33.2 Å². The zero-order valence-electron chi connectivity index (χ0n) is 10.4. The van der Waals surface area contributed by atoms with Crippen LogP contribution in [-0.2, 0) is 11.2 Å². The van der Waals surface area contributed by atoms with Crippen LogP contribution in [0, 0.1) is 0 Å². The summed E-state index contributed by atoms with van der Waals surface area (Å²) in [4.78, 5) is 13.1. The van der Waals surface area contributed by atoms with Crippen molar-refractivity contribution < 1.29 is 4.79 Å². The SMILES string of the molecule is O=C(CC1CCCCN1)NCCc1ccc(Br)s1. The highest BCUT2D eigenvalue weighted by Crippen LogP contribution is 2.22. The Hall–Kier alpha value is -0.390. The molecule has 1 atom stereocenters. The first-order chi connectivity index (χ1) is 8.74. The van der Waals surface area contributed by atoms with Crippen LogP contribution in [0.1, 0.15) is 30.6 Å². The first kappa shape index (κ1) is 14.0. The van der Waals surface area contributed by atoms with Crippen LogP contribution < -0.4 is 10.6 Å². The van der Waals surface area contributed by atoms with Gasteiger partial charge in [-0.05, 0) is 53.9 Å².